The van der Waals surface area contributed by atoms with E-state index >= 15 is 0 Å². The Balaban J connectivity index is 1.76. The molecule has 2 aromatic carbocycles. The molecule has 1 aliphatic heterocycles. The van der Waals surface area contributed by atoms with Crippen molar-refractivity contribution in [1.29, 1.82) is 0 Å². The highest BCUT2D eigenvalue weighted by Crippen LogP contribution is 2.32. The lowest BCUT2D eigenvalue weighted by Gasteiger charge is -2.26. The van der Waals surface area contributed by atoms with Crippen molar-refractivity contribution in [2.75, 3.05) is 16.8 Å². The maximum atomic E-state index is 13.0. The lowest BCUT2D eigenvalue weighted by Crippen LogP contribution is -2.35. The van der Waals surface area contributed by atoms with Gasteiger partial charge in [0.15, 0.2) is 0 Å². The molecular formula is C19H17F3N2O2. The number of anilines is 2. The number of carbonyl (C=O) groups is 2. The minimum Gasteiger partial charge on any atom is -0.322 e. The molecule has 2 aromatic rings. The summed E-state index contributed by atoms with van der Waals surface area (Å²) in [7, 11) is 0. The number of alkyl halides is 3. The molecular weight excluding hydrogens is 345 g/mol. The molecule has 1 N–H and O–H groups in total. The summed E-state index contributed by atoms with van der Waals surface area (Å²) in [4.78, 5) is 25.8. The summed E-state index contributed by atoms with van der Waals surface area (Å²) in [5.74, 6) is -0.785. The fourth-order valence-corrected chi connectivity index (χ4v) is 2.93. The topological polar surface area (TPSA) is 49.4 Å². The smallest absolute Gasteiger partial charge is 0.322 e. The third kappa shape index (κ3) is 3.87. The second kappa shape index (κ2) is 7.19. The second-order valence-corrected chi connectivity index (χ2v) is 6.05. The van der Waals surface area contributed by atoms with Crippen LogP contribution in [0.1, 0.15) is 35.2 Å². The average molecular weight is 362 g/mol. The van der Waals surface area contributed by atoms with E-state index in [2.05, 4.69) is 5.32 Å². The molecule has 0 saturated carbocycles. The van der Waals surface area contributed by atoms with Crippen molar-refractivity contribution in [2.45, 2.75) is 25.4 Å². The number of halogens is 3. The number of nitrogens with one attached hydrogen (secondary N) is 1. The third-order valence-corrected chi connectivity index (χ3v) is 4.24. The van der Waals surface area contributed by atoms with Gasteiger partial charge in [0.25, 0.3) is 5.91 Å². The normalized spacial score (nSPS) is 15.0. The number of hydrogen-bond acceptors (Lipinski definition) is 2. The predicted molar refractivity (Wildman–Crippen MR) is 92.0 cm³/mol. The SMILES string of the molecule is O=C(Nc1ccc(N2CCCCC2=O)cc1)c1ccccc1C(F)(F)F. The van der Waals surface area contributed by atoms with Crippen LogP contribution < -0.4 is 10.2 Å². The van der Waals surface area contributed by atoms with Crippen molar-refractivity contribution in [1.82, 2.24) is 0 Å². The van der Waals surface area contributed by atoms with Crippen LogP contribution >= 0.6 is 0 Å². The molecule has 1 aliphatic rings. The molecule has 0 aromatic heterocycles. The molecule has 26 heavy (non-hydrogen) atoms. The Hall–Kier alpha value is -2.83. The Morgan fingerprint density at radius 3 is 2.35 bits per heavy atom. The number of carbonyl (C=O) groups excluding carboxylic acids is 2. The molecule has 1 heterocycles. The van der Waals surface area contributed by atoms with E-state index in [1.807, 2.05) is 0 Å². The van der Waals surface area contributed by atoms with Gasteiger partial charge in [0, 0.05) is 24.3 Å². The van der Waals surface area contributed by atoms with Crippen LogP contribution in [0, 0.1) is 0 Å². The van der Waals surface area contributed by atoms with Crippen LogP contribution in [0.2, 0.25) is 0 Å². The van der Waals surface area contributed by atoms with E-state index in [0.717, 1.165) is 25.0 Å². The molecule has 0 aliphatic carbocycles. The number of benzene rings is 2. The molecule has 4 nitrogen and oxygen atoms in total. The number of piperidine rings is 1. The highest BCUT2D eigenvalue weighted by Gasteiger charge is 2.34. The minimum atomic E-state index is -4.60. The molecule has 7 heteroatoms. The van der Waals surface area contributed by atoms with Crippen LogP contribution in [0.5, 0.6) is 0 Å². The van der Waals surface area contributed by atoms with Gasteiger partial charge in [0.05, 0.1) is 11.1 Å². The fraction of sp³-hybridized carbons (Fsp3) is 0.263. The molecule has 2 amide bonds. The van der Waals surface area contributed by atoms with E-state index in [1.54, 1.807) is 29.2 Å². The maximum Gasteiger partial charge on any atom is 0.417 e. The zero-order chi connectivity index (χ0) is 18.7. The van der Waals surface area contributed by atoms with Crippen molar-refractivity contribution in [3.63, 3.8) is 0 Å². The first-order valence-corrected chi connectivity index (χ1v) is 8.24. The Morgan fingerprint density at radius 2 is 1.69 bits per heavy atom. The van der Waals surface area contributed by atoms with Gasteiger partial charge in [-0.25, -0.2) is 0 Å². The van der Waals surface area contributed by atoms with Crippen molar-refractivity contribution < 1.29 is 22.8 Å². The van der Waals surface area contributed by atoms with Crippen LogP contribution in [0.15, 0.2) is 48.5 Å². The Kier molecular flexibility index (Phi) is 4.97. The zero-order valence-electron chi connectivity index (χ0n) is 13.8. The minimum absolute atomic E-state index is 0.0483. The number of amides is 2. The van der Waals surface area contributed by atoms with E-state index < -0.39 is 23.2 Å². The summed E-state index contributed by atoms with van der Waals surface area (Å²) in [6.07, 6.45) is -2.29. The standard InChI is InChI=1S/C19H17F3N2O2/c20-19(21,22)16-6-2-1-5-15(16)18(26)23-13-8-10-14(11-9-13)24-12-4-3-7-17(24)25/h1-2,5-6,8-11H,3-4,7,12H2,(H,23,26). The van der Waals surface area contributed by atoms with Gasteiger partial charge in [-0.05, 0) is 49.2 Å². The van der Waals surface area contributed by atoms with Gasteiger partial charge in [-0.3, -0.25) is 9.59 Å². The first-order valence-electron chi connectivity index (χ1n) is 8.24. The predicted octanol–water partition coefficient (Wildman–Crippen LogP) is 4.47. The number of hydrogen-bond donors (Lipinski definition) is 1. The molecule has 0 unspecified atom stereocenters. The van der Waals surface area contributed by atoms with E-state index in [4.69, 9.17) is 0 Å². The lowest BCUT2D eigenvalue weighted by atomic mass is 10.1. The Bertz CT molecular complexity index is 816. The first-order chi connectivity index (χ1) is 12.4. The van der Waals surface area contributed by atoms with Crippen LogP contribution in [-0.2, 0) is 11.0 Å². The average Bonchev–Trinajstić information content (AvgIpc) is 2.62. The van der Waals surface area contributed by atoms with E-state index in [-0.39, 0.29) is 5.91 Å². The number of rotatable bonds is 3. The maximum absolute atomic E-state index is 13.0. The van der Waals surface area contributed by atoms with Crippen LogP contribution in [0.4, 0.5) is 24.5 Å². The van der Waals surface area contributed by atoms with Gasteiger partial charge >= 0.3 is 6.18 Å². The van der Waals surface area contributed by atoms with Gasteiger partial charge in [-0.2, -0.15) is 13.2 Å². The zero-order valence-corrected chi connectivity index (χ0v) is 13.8. The van der Waals surface area contributed by atoms with Crippen LogP contribution in [0.3, 0.4) is 0 Å². The van der Waals surface area contributed by atoms with E-state index in [0.29, 0.717) is 24.3 Å². The molecule has 0 atom stereocenters. The molecule has 0 spiro atoms. The first kappa shape index (κ1) is 18.0. The van der Waals surface area contributed by atoms with Crippen molar-refractivity contribution in [2.24, 2.45) is 0 Å². The molecule has 0 bridgehead atoms. The molecule has 1 fully saturated rings. The summed E-state index contributed by atoms with van der Waals surface area (Å²) < 4.78 is 39.1. The monoisotopic (exact) mass is 362 g/mol. The van der Waals surface area contributed by atoms with Gasteiger partial charge < -0.3 is 10.2 Å². The van der Waals surface area contributed by atoms with Crippen LogP contribution in [-0.4, -0.2) is 18.4 Å². The fourth-order valence-electron chi connectivity index (χ4n) is 2.93. The summed E-state index contributed by atoms with van der Waals surface area (Å²) in [6.45, 7) is 0.642. The van der Waals surface area contributed by atoms with Gasteiger partial charge in [-0.15, -0.1) is 0 Å². The largest absolute Gasteiger partial charge is 0.417 e. The van der Waals surface area contributed by atoms with Crippen molar-refractivity contribution >= 4 is 23.2 Å². The molecule has 3 rings (SSSR count). The third-order valence-electron chi connectivity index (χ3n) is 4.24. The van der Waals surface area contributed by atoms with Crippen molar-refractivity contribution in [3.8, 4) is 0 Å². The summed E-state index contributed by atoms with van der Waals surface area (Å²) in [5.41, 5.74) is -0.341. The van der Waals surface area contributed by atoms with Gasteiger partial charge in [0.2, 0.25) is 5.91 Å². The second-order valence-electron chi connectivity index (χ2n) is 6.05. The summed E-state index contributed by atoms with van der Waals surface area (Å²) in [5, 5.41) is 2.47. The molecule has 0 radical (unpaired) electrons. The van der Waals surface area contributed by atoms with E-state index in [9.17, 15) is 22.8 Å². The van der Waals surface area contributed by atoms with Crippen LogP contribution in [0.25, 0.3) is 0 Å². The summed E-state index contributed by atoms with van der Waals surface area (Å²) in [6, 6.07) is 11.1. The molecule has 136 valence electrons. The Morgan fingerprint density at radius 1 is 1.00 bits per heavy atom. The van der Waals surface area contributed by atoms with Gasteiger partial charge in [-0.1, -0.05) is 12.1 Å². The summed E-state index contributed by atoms with van der Waals surface area (Å²) >= 11 is 0. The van der Waals surface area contributed by atoms with Crippen molar-refractivity contribution in [3.05, 3.63) is 59.7 Å². The Labute approximate surface area is 148 Å². The van der Waals surface area contributed by atoms with Gasteiger partial charge in [0.1, 0.15) is 0 Å². The highest BCUT2D eigenvalue weighted by molar-refractivity contribution is 6.05. The highest BCUT2D eigenvalue weighted by atomic mass is 19.4. The number of nitrogens with zero attached hydrogens (tertiary/aromatic N) is 1. The lowest BCUT2D eigenvalue weighted by molar-refractivity contribution is -0.137. The van der Waals surface area contributed by atoms with E-state index in [1.165, 1.54) is 12.1 Å². The molecule has 1 saturated heterocycles. The quantitative estimate of drug-likeness (QED) is 0.876.